The van der Waals surface area contributed by atoms with Crippen molar-refractivity contribution in [2.24, 2.45) is 0 Å². The fourth-order valence-corrected chi connectivity index (χ4v) is 2.82. The Hall–Kier alpha value is -2.11. The number of amides is 1. The Morgan fingerprint density at radius 3 is 3.05 bits per heavy atom. The van der Waals surface area contributed by atoms with Crippen molar-refractivity contribution in [3.63, 3.8) is 0 Å². The first-order chi connectivity index (χ1) is 9.74. The molecule has 1 amide bonds. The van der Waals surface area contributed by atoms with Crippen LogP contribution in [0.4, 0.5) is 0 Å². The molecule has 3 heterocycles. The third kappa shape index (κ3) is 2.59. The zero-order valence-electron chi connectivity index (χ0n) is 11.6. The molecule has 2 aromatic heterocycles. The first-order valence-corrected chi connectivity index (χ1v) is 6.99. The largest absolute Gasteiger partial charge is 0.348 e. The molecule has 1 aliphatic heterocycles. The first kappa shape index (κ1) is 12.9. The summed E-state index contributed by atoms with van der Waals surface area (Å²) >= 11 is 0. The average molecular weight is 273 g/mol. The summed E-state index contributed by atoms with van der Waals surface area (Å²) in [4.78, 5) is 25.7. The van der Waals surface area contributed by atoms with Gasteiger partial charge in [0.05, 0.1) is 6.42 Å². The Morgan fingerprint density at radius 2 is 2.35 bits per heavy atom. The van der Waals surface area contributed by atoms with Gasteiger partial charge >= 0.3 is 0 Å². The number of carbonyl (C=O) groups is 1. The first-order valence-electron chi connectivity index (χ1n) is 6.99. The van der Waals surface area contributed by atoms with Gasteiger partial charge in [0.2, 0.25) is 5.91 Å². The van der Waals surface area contributed by atoms with Crippen LogP contribution >= 0.6 is 0 Å². The van der Waals surface area contributed by atoms with Gasteiger partial charge in [-0.1, -0.05) is 0 Å². The predicted octanol–water partition coefficient (Wildman–Crippen LogP) is 1.15. The van der Waals surface area contributed by atoms with E-state index in [2.05, 4.69) is 19.5 Å². The number of imidazole rings is 2. The Balaban J connectivity index is 1.66. The Labute approximate surface area is 117 Å². The molecule has 1 fully saturated rings. The molecule has 106 valence electrons. The van der Waals surface area contributed by atoms with Crippen molar-refractivity contribution in [3.05, 3.63) is 36.4 Å². The van der Waals surface area contributed by atoms with E-state index in [1.54, 1.807) is 18.6 Å². The molecule has 1 saturated heterocycles. The van der Waals surface area contributed by atoms with Gasteiger partial charge in [-0.2, -0.15) is 0 Å². The lowest BCUT2D eigenvalue weighted by Crippen LogP contribution is -2.39. The number of carbonyl (C=O) groups excluding carboxylic acids is 1. The van der Waals surface area contributed by atoms with Crippen molar-refractivity contribution < 1.29 is 4.79 Å². The van der Waals surface area contributed by atoms with E-state index in [0.717, 1.165) is 37.6 Å². The molecular weight excluding hydrogens is 254 g/mol. The summed E-state index contributed by atoms with van der Waals surface area (Å²) in [7, 11) is 0. The third-order valence-corrected chi connectivity index (χ3v) is 3.90. The van der Waals surface area contributed by atoms with Gasteiger partial charge in [0.25, 0.3) is 0 Å². The number of hydrogen-bond donors (Lipinski definition) is 1. The minimum absolute atomic E-state index is 0.153. The summed E-state index contributed by atoms with van der Waals surface area (Å²) in [6.45, 7) is 3.66. The van der Waals surface area contributed by atoms with Crippen molar-refractivity contribution in [1.29, 1.82) is 0 Å². The average Bonchev–Trinajstić information content (AvgIpc) is 3.13. The van der Waals surface area contributed by atoms with E-state index in [-0.39, 0.29) is 11.9 Å². The van der Waals surface area contributed by atoms with E-state index in [0.29, 0.717) is 6.42 Å². The molecule has 0 aliphatic carbocycles. The van der Waals surface area contributed by atoms with Gasteiger partial charge in [-0.05, 0) is 19.8 Å². The number of nitrogens with one attached hydrogen (secondary N) is 1. The van der Waals surface area contributed by atoms with Crippen LogP contribution in [-0.2, 0) is 17.8 Å². The Morgan fingerprint density at radius 1 is 1.45 bits per heavy atom. The van der Waals surface area contributed by atoms with Crippen LogP contribution in [0.2, 0.25) is 0 Å². The molecule has 0 spiro atoms. The van der Waals surface area contributed by atoms with Crippen LogP contribution in [0.15, 0.2) is 24.8 Å². The number of hydrogen-bond acceptors (Lipinski definition) is 3. The minimum atomic E-state index is 0.153. The molecule has 2 aromatic rings. The lowest BCUT2D eigenvalue weighted by atomic mass is 10.2. The molecule has 6 heteroatoms. The second kappa shape index (κ2) is 5.48. The maximum atomic E-state index is 12.4. The Bertz CT molecular complexity index is 574. The van der Waals surface area contributed by atoms with Gasteiger partial charge in [0.1, 0.15) is 11.6 Å². The summed E-state index contributed by atoms with van der Waals surface area (Å²) in [6, 6.07) is 0.269. The van der Waals surface area contributed by atoms with Crippen LogP contribution in [-0.4, -0.2) is 42.9 Å². The minimum Gasteiger partial charge on any atom is -0.348 e. The number of nitrogens with zero attached hydrogens (tertiary/aromatic N) is 4. The van der Waals surface area contributed by atoms with Crippen LogP contribution in [0.3, 0.4) is 0 Å². The fraction of sp³-hybridized carbons (Fsp3) is 0.500. The molecule has 0 radical (unpaired) electrons. The number of aromatic nitrogens is 4. The molecule has 1 N–H and O–H groups in total. The second-order valence-corrected chi connectivity index (χ2v) is 5.22. The van der Waals surface area contributed by atoms with Crippen LogP contribution in [0.25, 0.3) is 0 Å². The maximum Gasteiger partial charge on any atom is 0.230 e. The van der Waals surface area contributed by atoms with Gasteiger partial charge in [0, 0.05) is 43.9 Å². The lowest BCUT2D eigenvalue weighted by Gasteiger charge is -2.25. The topological polar surface area (TPSA) is 66.8 Å². The molecule has 3 rings (SSSR count). The molecule has 1 atom stereocenters. The van der Waals surface area contributed by atoms with E-state index in [9.17, 15) is 4.79 Å². The van der Waals surface area contributed by atoms with E-state index in [1.165, 1.54) is 0 Å². The van der Waals surface area contributed by atoms with Gasteiger partial charge in [-0.25, -0.2) is 9.97 Å². The number of rotatable bonds is 4. The van der Waals surface area contributed by atoms with Gasteiger partial charge in [-0.15, -0.1) is 0 Å². The van der Waals surface area contributed by atoms with Crippen molar-refractivity contribution in [2.45, 2.75) is 38.8 Å². The van der Waals surface area contributed by atoms with Crippen molar-refractivity contribution in [1.82, 2.24) is 24.4 Å². The maximum absolute atomic E-state index is 12.4. The van der Waals surface area contributed by atoms with Crippen LogP contribution in [0.1, 0.15) is 24.5 Å². The Kier molecular flexibility index (Phi) is 3.54. The van der Waals surface area contributed by atoms with Crippen LogP contribution in [0.5, 0.6) is 0 Å². The highest BCUT2D eigenvalue weighted by molar-refractivity contribution is 5.78. The molecule has 20 heavy (non-hydrogen) atoms. The van der Waals surface area contributed by atoms with E-state index < -0.39 is 0 Å². The molecule has 0 aromatic carbocycles. The van der Waals surface area contributed by atoms with E-state index in [1.807, 2.05) is 18.0 Å². The van der Waals surface area contributed by atoms with Crippen molar-refractivity contribution in [3.8, 4) is 0 Å². The SMILES string of the molecule is Cc1nccn1CC1CCCN1C(=O)Cc1ncc[nH]1. The monoisotopic (exact) mass is 273 g/mol. The number of likely N-dealkylation sites (tertiary alicyclic amines) is 1. The summed E-state index contributed by atoms with van der Waals surface area (Å²) in [5, 5.41) is 0. The predicted molar refractivity (Wildman–Crippen MR) is 74.0 cm³/mol. The molecule has 0 saturated carbocycles. The number of aromatic amines is 1. The molecule has 1 aliphatic rings. The normalized spacial score (nSPS) is 18.6. The summed E-state index contributed by atoms with van der Waals surface area (Å²) in [5.74, 6) is 1.88. The van der Waals surface area contributed by atoms with Crippen molar-refractivity contribution in [2.75, 3.05) is 6.54 Å². The standard InChI is InChI=1S/C14H19N5O/c1-11-15-6-8-18(11)10-12-3-2-7-19(12)14(20)9-13-16-4-5-17-13/h4-6,8,12H,2-3,7,9-10H2,1H3,(H,16,17). The number of H-pyrrole nitrogens is 1. The van der Waals surface area contributed by atoms with Crippen molar-refractivity contribution >= 4 is 5.91 Å². The molecule has 6 nitrogen and oxygen atoms in total. The zero-order valence-corrected chi connectivity index (χ0v) is 11.6. The quantitative estimate of drug-likeness (QED) is 0.908. The fourth-order valence-electron chi connectivity index (χ4n) is 2.82. The second-order valence-electron chi connectivity index (χ2n) is 5.22. The van der Waals surface area contributed by atoms with Crippen LogP contribution in [0, 0.1) is 6.92 Å². The smallest absolute Gasteiger partial charge is 0.230 e. The highest BCUT2D eigenvalue weighted by Gasteiger charge is 2.29. The van der Waals surface area contributed by atoms with E-state index in [4.69, 9.17) is 0 Å². The summed E-state index contributed by atoms with van der Waals surface area (Å²) < 4.78 is 2.11. The van der Waals surface area contributed by atoms with Gasteiger partial charge in [0.15, 0.2) is 0 Å². The summed E-state index contributed by atoms with van der Waals surface area (Å²) in [6.07, 6.45) is 9.69. The third-order valence-electron chi connectivity index (χ3n) is 3.90. The molecule has 0 bridgehead atoms. The molecular formula is C14H19N5O. The van der Waals surface area contributed by atoms with Gasteiger partial charge < -0.3 is 14.5 Å². The lowest BCUT2D eigenvalue weighted by molar-refractivity contribution is -0.131. The zero-order chi connectivity index (χ0) is 13.9. The van der Waals surface area contributed by atoms with Crippen LogP contribution < -0.4 is 0 Å². The number of aryl methyl sites for hydroxylation is 1. The van der Waals surface area contributed by atoms with E-state index >= 15 is 0 Å². The highest BCUT2D eigenvalue weighted by Crippen LogP contribution is 2.20. The summed E-state index contributed by atoms with van der Waals surface area (Å²) in [5.41, 5.74) is 0. The highest BCUT2D eigenvalue weighted by atomic mass is 16.2. The molecule has 1 unspecified atom stereocenters. The van der Waals surface area contributed by atoms with Gasteiger partial charge in [-0.3, -0.25) is 4.79 Å².